The number of carbonyl (C=O) groups excluding carboxylic acids is 1. The molecule has 1 atom stereocenters. The van der Waals surface area contributed by atoms with E-state index in [0.29, 0.717) is 18.8 Å². The van der Waals surface area contributed by atoms with E-state index in [1.54, 1.807) is 0 Å². The lowest BCUT2D eigenvalue weighted by Crippen LogP contribution is -2.51. The van der Waals surface area contributed by atoms with Crippen molar-refractivity contribution in [3.05, 3.63) is 0 Å². The topological polar surface area (TPSA) is 81.7 Å². The van der Waals surface area contributed by atoms with Crippen LogP contribution in [0.15, 0.2) is 0 Å². The first kappa shape index (κ1) is 17.8. The van der Waals surface area contributed by atoms with Crippen LogP contribution in [-0.4, -0.2) is 55.2 Å². The zero-order valence-electron chi connectivity index (χ0n) is 13.6. The third-order valence-corrected chi connectivity index (χ3v) is 4.28. The molecule has 0 bridgehead atoms. The average molecular weight is 299 g/mol. The lowest BCUT2D eigenvalue weighted by atomic mass is 9.86. The van der Waals surface area contributed by atoms with Gasteiger partial charge in [-0.2, -0.15) is 0 Å². The first-order valence-electron chi connectivity index (χ1n) is 7.69. The van der Waals surface area contributed by atoms with Crippen LogP contribution >= 0.6 is 0 Å². The van der Waals surface area contributed by atoms with E-state index in [-0.39, 0.29) is 18.6 Å². The summed E-state index contributed by atoms with van der Waals surface area (Å²) < 4.78 is 0. The van der Waals surface area contributed by atoms with Gasteiger partial charge < -0.3 is 20.6 Å². The number of carboxylic acids is 1. The fraction of sp³-hybridized carbons (Fsp3) is 0.867. The molecule has 6 nitrogen and oxygen atoms in total. The Bertz CT molecular complexity index is 363. The van der Waals surface area contributed by atoms with Gasteiger partial charge in [-0.05, 0) is 32.9 Å². The second kappa shape index (κ2) is 7.64. The van der Waals surface area contributed by atoms with E-state index in [0.717, 1.165) is 19.4 Å². The molecule has 0 heterocycles. The summed E-state index contributed by atoms with van der Waals surface area (Å²) in [6.45, 7) is 5.09. The van der Waals surface area contributed by atoms with Crippen molar-refractivity contribution in [1.29, 1.82) is 0 Å². The van der Waals surface area contributed by atoms with E-state index in [1.807, 2.05) is 19.0 Å². The van der Waals surface area contributed by atoms with Gasteiger partial charge in [0.25, 0.3) is 0 Å². The minimum absolute atomic E-state index is 0.0457. The summed E-state index contributed by atoms with van der Waals surface area (Å²) in [5.41, 5.74) is -0.772. The maximum atomic E-state index is 12.0. The highest BCUT2D eigenvalue weighted by Crippen LogP contribution is 2.37. The molecule has 0 aliphatic heterocycles. The summed E-state index contributed by atoms with van der Waals surface area (Å²) in [4.78, 5) is 25.5. The molecular formula is C15H29N3O3. The van der Waals surface area contributed by atoms with E-state index in [1.165, 1.54) is 0 Å². The van der Waals surface area contributed by atoms with Crippen LogP contribution in [0.25, 0.3) is 0 Å². The van der Waals surface area contributed by atoms with Gasteiger partial charge in [0.15, 0.2) is 0 Å². The van der Waals surface area contributed by atoms with Gasteiger partial charge in [-0.3, -0.25) is 4.79 Å². The lowest BCUT2D eigenvalue weighted by Gasteiger charge is -2.28. The predicted molar refractivity (Wildman–Crippen MR) is 82.3 cm³/mol. The number of carboxylic acid groups (broad SMARTS) is 1. The van der Waals surface area contributed by atoms with Crippen LogP contribution in [0.1, 0.15) is 39.5 Å². The summed E-state index contributed by atoms with van der Waals surface area (Å²) in [5.74, 6) is -0.480. The Labute approximate surface area is 127 Å². The van der Waals surface area contributed by atoms with Gasteiger partial charge in [0.2, 0.25) is 0 Å². The fourth-order valence-electron chi connectivity index (χ4n) is 2.80. The van der Waals surface area contributed by atoms with Crippen LogP contribution in [0.2, 0.25) is 0 Å². The van der Waals surface area contributed by atoms with Crippen LogP contribution in [0.4, 0.5) is 4.79 Å². The summed E-state index contributed by atoms with van der Waals surface area (Å²) in [7, 11) is 3.93. The first-order chi connectivity index (χ1) is 9.77. The molecule has 1 saturated carbocycles. The minimum atomic E-state index is -0.797. The number of urea groups is 1. The molecule has 0 saturated heterocycles. The maximum Gasteiger partial charge on any atom is 0.315 e. The summed E-state index contributed by atoms with van der Waals surface area (Å²) in [6, 6.07) is -0.229. The highest BCUT2D eigenvalue weighted by Gasteiger charge is 2.41. The standard InChI is InChI=1S/C15H29N3O3/c1-11(2)12(9-18(3)4)17-14(21)16-10-15(13(19)20)7-5-6-8-15/h11-12H,5-10H2,1-4H3,(H,19,20)(H2,16,17,21). The summed E-state index contributed by atoms with van der Waals surface area (Å²) in [6.07, 6.45) is 3.14. The number of rotatable bonds is 7. The minimum Gasteiger partial charge on any atom is -0.481 e. The van der Waals surface area contributed by atoms with Gasteiger partial charge in [0, 0.05) is 19.1 Å². The number of hydrogen-bond donors (Lipinski definition) is 3. The van der Waals surface area contributed by atoms with E-state index in [4.69, 9.17) is 0 Å². The molecule has 0 radical (unpaired) electrons. The maximum absolute atomic E-state index is 12.0. The van der Waals surface area contributed by atoms with Gasteiger partial charge in [0.1, 0.15) is 0 Å². The normalized spacial score (nSPS) is 18.8. The molecule has 122 valence electrons. The molecule has 1 rings (SSSR count). The number of nitrogens with one attached hydrogen (secondary N) is 2. The number of likely N-dealkylation sites (N-methyl/N-ethyl adjacent to an activating group) is 1. The third kappa shape index (κ3) is 5.19. The van der Waals surface area contributed by atoms with Crippen molar-refractivity contribution in [2.75, 3.05) is 27.2 Å². The second-order valence-corrected chi connectivity index (χ2v) is 6.73. The van der Waals surface area contributed by atoms with Gasteiger partial charge in [-0.15, -0.1) is 0 Å². The molecule has 1 aliphatic rings. The molecule has 2 amide bonds. The van der Waals surface area contributed by atoms with Gasteiger partial charge in [0.05, 0.1) is 5.41 Å². The van der Waals surface area contributed by atoms with Crippen LogP contribution in [0.3, 0.4) is 0 Å². The van der Waals surface area contributed by atoms with Crippen LogP contribution in [-0.2, 0) is 4.79 Å². The lowest BCUT2D eigenvalue weighted by molar-refractivity contribution is -0.148. The van der Waals surface area contributed by atoms with Crippen molar-refractivity contribution in [3.8, 4) is 0 Å². The SMILES string of the molecule is CC(C)C(CN(C)C)NC(=O)NCC1(C(=O)O)CCCC1. The molecule has 1 aliphatic carbocycles. The number of nitrogens with zero attached hydrogens (tertiary/aromatic N) is 1. The van der Waals surface area contributed by atoms with Crippen molar-refractivity contribution in [2.24, 2.45) is 11.3 Å². The number of amides is 2. The van der Waals surface area contributed by atoms with E-state index in [2.05, 4.69) is 24.5 Å². The number of aliphatic carboxylic acids is 1. The molecule has 0 spiro atoms. The Balaban J connectivity index is 2.50. The molecule has 0 aromatic heterocycles. The quantitative estimate of drug-likeness (QED) is 0.665. The third-order valence-electron chi connectivity index (χ3n) is 4.28. The highest BCUT2D eigenvalue weighted by molar-refractivity contribution is 5.78. The molecule has 0 aromatic rings. The first-order valence-corrected chi connectivity index (χ1v) is 7.69. The van der Waals surface area contributed by atoms with Crippen LogP contribution in [0, 0.1) is 11.3 Å². The van der Waals surface area contributed by atoms with E-state index in [9.17, 15) is 14.7 Å². The number of hydrogen-bond acceptors (Lipinski definition) is 3. The Morgan fingerprint density at radius 3 is 2.24 bits per heavy atom. The van der Waals surface area contributed by atoms with Crippen molar-refractivity contribution >= 4 is 12.0 Å². The molecule has 0 aromatic carbocycles. The van der Waals surface area contributed by atoms with Crippen molar-refractivity contribution in [1.82, 2.24) is 15.5 Å². The Hall–Kier alpha value is -1.30. The van der Waals surface area contributed by atoms with Gasteiger partial charge in [-0.25, -0.2) is 4.79 Å². The molecule has 21 heavy (non-hydrogen) atoms. The number of carbonyl (C=O) groups is 2. The van der Waals surface area contributed by atoms with E-state index >= 15 is 0 Å². The van der Waals surface area contributed by atoms with Crippen LogP contribution in [0.5, 0.6) is 0 Å². The molecule has 3 N–H and O–H groups in total. The summed E-state index contributed by atoms with van der Waals surface area (Å²) in [5, 5.41) is 15.1. The monoisotopic (exact) mass is 299 g/mol. The van der Waals surface area contributed by atoms with Crippen molar-refractivity contribution in [2.45, 2.75) is 45.6 Å². The van der Waals surface area contributed by atoms with Crippen LogP contribution < -0.4 is 10.6 Å². The molecule has 1 fully saturated rings. The van der Waals surface area contributed by atoms with E-state index < -0.39 is 11.4 Å². The zero-order valence-corrected chi connectivity index (χ0v) is 13.6. The average Bonchev–Trinajstić information content (AvgIpc) is 2.85. The van der Waals surface area contributed by atoms with Crippen molar-refractivity contribution < 1.29 is 14.7 Å². The van der Waals surface area contributed by atoms with Gasteiger partial charge >= 0.3 is 12.0 Å². The summed E-state index contributed by atoms with van der Waals surface area (Å²) >= 11 is 0. The largest absolute Gasteiger partial charge is 0.481 e. The molecule has 1 unspecified atom stereocenters. The Kier molecular flexibility index (Phi) is 6.45. The van der Waals surface area contributed by atoms with Crippen molar-refractivity contribution in [3.63, 3.8) is 0 Å². The van der Waals surface area contributed by atoms with Gasteiger partial charge in [-0.1, -0.05) is 26.7 Å². The predicted octanol–water partition coefficient (Wildman–Crippen LogP) is 1.52. The second-order valence-electron chi connectivity index (χ2n) is 6.73. The highest BCUT2D eigenvalue weighted by atomic mass is 16.4. The zero-order chi connectivity index (χ0) is 16.0. The fourth-order valence-corrected chi connectivity index (χ4v) is 2.80. The molecular weight excluding hydrogens is 270 g/mol. The molecule has 6 heteroatoms. The Morgan fingerprint density at radius 2 is 1.81 bits per heavy atom. The smallest absolute Gasteiger partial charge is 0.315 e. The Morgan fingerprint density at radius 1 is 1.24 bits per heavy atom.